The molecule has 5 nitrogen and oxygen atoms in total. The van der Waals surface area contributed by atoms with Crippen LogP contribution in [0.25, 0.3) is 0 Å². The Bertz CT molecular complexity index is 459. The van der Waals surface area contributed by atoms with Crippen molar-refractivity contribution in [2.24, 2.45) is 5.92 Å². The van der Waals surface area contributed by atoms with E-state index in [1.807, 2.05) is 6.92 Å². The van der Waals surface area contributed by atoms with E-state index in [0.717, 1.165) is 5.33 Å². The first kappa shape index (κ1) is 13.4. The molecule has 88 valence electrons. The molecule has 0 saturated carbocycles. The first-order valence-electron chi connectivity index (χ1n) is 4.56. The molecule has 0 aliphatic heterocycles. The van der Waals surface area contributed by atoms with E-state index < -0.39 is 16.2 Å². The number of alkyl halides is 1. The molecule has 16 heavy (non-hydrogen) atoms. The number of hydrogen-bond acceptors (Lipinski definition) is 3. The highest BCUT2D eigenvalue weighted by Gasteiger charge is 2.16. The summed E-state index contributed by atoms with van der Waals surface area (Å²) in [6.45, 7) is 2.40. The fourth-order valence-corrected chi connectivity index (χ4v) is 1.90. The molecule has 0 radical (unpaired) electrons. The zero-order chi connectivity index (χ0) is 12.3. The van der Waals surface area contributed by atoms with Crippen LogP contribution in [0.5, 0.6) is 0 Å². The van der Waals surface area contributed by atoms with Crippen LogP contribution in [0, 0.1) is 16.0 Å². The lowest BCUT2D eigenvalue weighted by molar-refractivity contribution is -0.386. The maximum atomic E-state index is 11.7. The number of halogens is 2. The number of aromatic nitrogens is 1. The van der Waals surface area contributed by atoms with Crippen molar-refractivity contribution in [2.45, 2.75) is 13.5 Å². The molecule has 0 N–H and O–H groups in total. The Kier molecular flexibility index (Phi) is 4.67. The first-order valence-corrected chi connectivity index (χ1v) is 6.47. The molecule has 1 rings (SSSR count). The number of hydrogen-bond donors (Lipinski definition) is 0. The van der Waals surface area contributed by atoms with Crippen molar-refractivity contribution in [3.63, 3.8) is 0 Å². The van der Waals surface area contributed by atoms with Gasteiger partial charge in [-0.1, -0.05) is 22.9 Å². The van der Waals surface area contributed by atoms with Crippen LogP contribution >= 0.6 is 31.9 Å². The molecule has 0 saturated heterocycles. The standard InChI is InChI=1S/C9H10Br2N2O3/c1-6(3-10)4-12-5-7(11)2-8(9(12)14)13(15)16/h2,5-6H,3-4H2,1H3. The number of pyridine rings is 1. The van der Waals surface area contributed by atoms with E-state index >= 15 is 0 Å². The van der Waals surface area contributed by atoms with Crippen molar-refractivity contribution in [1.29, 1.82) is 0 Å². The number of rotatable bonds is 4. The fourth-order valence-electron chi connectivity index (χ4n) is 1.24. The van der Waals surface area contributed by atoms with Gasteiger partial charge in [-0.05, 0) is 21.8 Å². The Morgan fingerprint density at radius 3 is 2.75 bits per heavy atom. The number of nitro groups is 1. The molecule has 1 aromatic heterocycles. The molecule has 1 unspecified atom stereocenters. The summed E-state index contributed by atoms with van der Waals surface area (Å²) in [4.78, 5) is 21.7. The van der Waals surface area contributed by atoms with E-state index in [1.165, 1.54) is 10.6 Å². The summed E-state index contributed by atoms with van der Waals surface area (Å²) in [6, 6.07) is 1.22. The maximum Gasteiger partial charge on any atom is 0.335 e. The minimum absolute atomic E-state index is 0.228. The van der Waals surface area contributed by atoms with Gasteiger partial charge < -0.3 is 4.57 Å². The summed E-state index contributed by atoms with van der Waals surface area (Å²) >= 11 is 6.45. The summed E-state index contributed by atoms with van der Waals surface area (Å²) in [6.07, 6.45) is 1.56. The van der Waals surface area contributed by atoms with Gasteiger partial charge in [0.2, 0.25) is 0 Å². The van der Waals surface area contributed by atoms with Crippen LogP contribution in [0.4, 0.5) is 5.69 Å². The van der Waals surface area contributed by atoms with Crippen LogP contribution in [0.15, 0.2) is 21.5 Å². The third-order valence-corrected chi connectivity index (χ3v) is 3.54. The van der Waals surface area contributed by atoms with Crippen LogP contribution in [0.2, 0.25) is 0 Å². The third kappa shape index (κ3) is 3.15. The number of nitrogens with zero attached hydrogens (tertiary/aromatic N) is 2. The zero-order valence-electron chi connectivity index (χ0n) is 8.52. The highest BCUT2D eigenvalue weighted by molar-refractivity contribution is 9.10. The molecule has 1 heterocycles. The van der Waals surface area contributed by atoms with Gasteiger partial charge >= 0.3 is 11.2 Å². The van der Waals surface area contributed by atoms with Crippen molar-refractivity contribution in [2.75, 3.05) is 5.33 Å². The SMILES string of the molecule is CC(CBr)Cn1cc(Br)cc([N+](=O)[O-])c1=O. The Balaban J connectivity index is 3.19. The van der Waals surface area contributed by atoms with Gasteiger partial charge in [0, 0.05) is 28.6 Å². The molecular formula is C9H10Br2N2O3. The largest absolute Gasteiger partial charge is 0.335 e. The van der Waals surface area contributed by atoms with Gasteiger partial charge in [-0.2, -0.15) is 0 Å². The lowest BCUT2D eigenvalue weighted by Gasteiger charge is -2.10. The first-order chi connectivity index (χ1) is 7.45. The monoisotopic (exact) mass is 352 g/mol. The summed E-state index contributed by atoms with van der Waals surface area (Å²) < 4.78 is 1.88. The van der Waals surface area contributed by atoms with Gasteiger partial charge in [0.25, 0.3) is 0 Å². The fraction of sp³-hybridized carbons (Fsp3) is 0.444. The predicted octanol–water partition coefficient (Wildman–Crippen LogP) is 2.55. The molecule has 7 heteroatoms. The average Bonchev–Trinajstić information content (AvgIpc) is 2.22. The van der Waals surface area contributed by atoms with Gasteiger partial charge in [-0.25, -0.2) is 0 Å². The Hall–Kier alpha value is -0.690. The molecule has 1 atom stereocenters. The van der Waals surface area contributed by atoms with E-state index in [9.17, 15) is 14.9 Å². The second-order valence-corrected chi connectivity index (χ2v) is 5.08. The Morgan fingerprint density at radius 1 is 1.62 bits per heavy atom. The lowest BCUT2D eigenvalue weighted by Crippen LogP contribution is -2.25. The molecule has 1 aromatic rings. The molecule has 0 fully saturated rings. The van der Waals surface area contributed by atoms with Gasteiger partial charge in [0.15, 0.2) is 0 Å². The highest BCUT2D eigenvalue weighted by Crippen LogP contribution is 2.15. The lowest BCUT2D eigenvalue weighted by atomic mass is 10.2. The topological polar surface area (TPSA) is 65.1 Å². The summed E-state index contributed by atoms with van der Waals surface area (Å²) in [5, 5.41) is 11.4. The van der Waals surface area contributed by atoms with E-state index in [2.05, 4.69) is 31.9 Å². The zero-order valence-corrected chi connectivity index (χ0v) is 11.7. The summed E-state index contributed by atoms with van der Waals surface area (Å²) in [5.41, 5.74) is -0.975. The van der Waals surface area contributed by atoms with Gasteiger partial charge in [-0.3, -0.25) is 14.9 Å². The molecule has 0 aliphatic carbocycles. The molecule has 0 aliphatic rings. The molecule has 0 aromatic carbocycles. The second-order valence-electron chi connectivity index (χ2n) is 3.52. The second kappa shape index (κ2) is 5.58. The quantitative estimate of drug-likeness (QED) is 0.474. The highest BCUT2D eigenvalue weighted by atomic mass is 79.9. The van der Waals surface area contributed by atoms with Crippen LogP contribution in [0.1, 0.15) is 6.92 Å². The van der Waals surface area contributed by atoms with E-state index in [1.54, 1.807) is 6.20 Å². The van der Waals surface area contributed by atoms with Crippen LogP contribution in [-0.4, -0.2) is 14.8 Å². The maximum absolute atomic E-state index is 11.7. The summed E-state index contributed by atoms with van der Waals surface area (Å²) in [7, 11) is 0. The van der Waals surface area contributed by atoms with Crippen molar-refractivity contribution in [3.8, 4) is 0 Å². The normalized spacial score (nSPS) is 12.4. The molecule has 0 amide bonds. The molecular weight excluding hydrogens is 344 g/mol. The van der Waals surface area contributed by atoms with Crippen LogP contribution in [0.3, 0.4) is 0 Å². The van der Waals surface area contributed by atoms with Crippen molar-refractivity contribution in [3.05, 3.63) is 37.2 Å². The van der Waals surface area contributed by atoms with Gasteiger partial charge in [0.05, 0.1) is 4.92 Å². The predicted molar refractivity (Wildman–Crippen MR) is 68.0 cm³/mol. The minimum Gasteiger partial charge on any atom is -0.308 e. The average molecular weight is 354 g/mol. The van der Waals surface area contributed by atoms with Crippen molar-refractivity contribution >= 4 is 37.5 Å². The van der Waals surface area contributed by atoms with E-state index in [-0.39, 0.29) is 5.92 Å². The van der Waals surface area contributed by atoms with Crippen molar-refractivity contribution < 1.29 is 4.92 Å². The summed E-state index contributed by atoms with van der Waals surface area (Å²) in [5.74, 6) is 0.228. The van der Waals surface area contributed by atoms with Crippen molar-refractivity contribution in [1.82, 2.24) is 4.57 Å². The third-order valence-electron chi connectivity index (χ3n) is 2.00. The smallest absolute Gasteiger partial charge is 0.308 e. The van der Waals surface area contributed by atoms with Gasteiger partial charge in [0.1, 0.15) is 0 Å². The Morgan fingerprint density at radius 2 is 2.25 bits per heavy atom. The minimum atomic E-state index is -0.664. The van der Waals surface area contributed by atoms with Crippen LogP contribution in [-0.2, 0) is 6.54 Å². The van der Waals surface area contributed by atoms with E-state index in [0.29, 0.717) is 11.0 Å². The molecule has 0 bridgehead atoms. The van der Waals surface area contributed by atoms with E-state index in [4.69, 9.17) is 0 Å². The molecule has 0 spiro atoms. The Labute approximate surface area is 109 Å². The van der Waals surface area contributed by atoms with Gasteiger partial charge in [-0.15, -0.1) is 0 Å². The van der Waals surface area contributed by atoms with Crippen LogP contribution < -0.4 is 5.56 Å².